The van der Waals surface area contributed by atoms with Gasteiger partial charge in [0.1, 0.15) is 5.52 Å². The van der Waals surface area contributed by atoms with E-state index >= 15 is 0 Å². The van der Waals surface area contributed by atoms with Crippen LogP contribution in [0.1, 0.15) is 10.4 Å². The molecule has 0 aromatic carbocycles. The van der Waals surface area contributed by atoms with E-state index in [2.05, 4.69) is 15.0 Å². The van der Waals surface area contributed by atoms with Crippen molar-refractivity contribution in [2.75, 3.05) is 7.11 Å². The van der Waals surface area contributed by atoms with E-state index in [1.165, 1.54) is 19.4 Å². The van der Waals surface area contributed by atoms with Crippen molar-refractivity contribution in [2.45, 2.75) is 0 Å². The zero-order valence-electron chi connectivity index (χ0n) is 7.31. The number of hydrogen-bond acceptors (Lipinski definition) is 4. The van der Waals surface area contributed by atoms with Crippen LogP contribution in [-0.2, 0) is 0 Å². The van der Waals surface area contributed by atoms with Crippen molar-refractivity contribution in [3.63, 3.8) is 0 Å². The SMILES string of the molecule is COc1nc2nccc(C(=O)O)c2[nH]1. The summed E-state index contributed by atoms with van der Waals surface area (Å²) in [6.45, 7) is 0. The Kier molecular flexibility index (Phi) is 1.81. The van der Waals surface area contributed by atoms with Gasteiger partial charge in [0.15, 0.2) is 5.65 Å². The van der Waals surface area contributed by atoms with Crippen molar-refractivity contribution in [3.8, 4) is 6.01 Å². The first kappa shape index (κ1) is 8.49. The highest BCUT2D eigenvalue weighted by molar-refractivity contribution is 5.99. The maximum Gasteiger partial charge on any atom is 0.338 e. The van der Waals surface area contributed by atoms with Crippen molar-refractivity contribution >= 4 is 17.1 Å². The monoisotopic (exact) mass is 193 g/mol. The number of ether oxygens (including phenoxy) is 1. The molecule has 0 fully saturated rings. The van der Waals surface area contributed by atoms with Crippen LogP contribution in [-0.4, -0.2) is 33.1 Å². The number of imidazole rings is 1. The molecule has 0 bridgehead atoms. The van der Waals surface area contributed by atoms with Gasteiger partial charge in [-0.3, -0.25) is 0 Å². The molecule has 0 saturated carbocycles. The molecule has 0 atom stereocenters. The first-order valence-corrected chi connectivity index (χ1v) is 3.84. The number of fused-ring (bicyclic) bond motifs is 1. The zero-order valence-corrected chi connectivity index (χ0v) is 7.31. The van der Waals surface area contributed by atoms with Crippen LogP contribution >= 0.6 is 0 Å². The molecule has 2 N–H and O–H groups in total. The first-order chi connectivity index (χ1) is 6.72. The summed E-state index contributed by atoms with van der Waals surface area (Å²) in [5, 5.41) is 8.85. The summed E-state index contributed by atoms with van der Waals surface area (Å²) in [4.78, 5) is 21.3. The average Bonchev–Trinajstić information content (AvgIpc) is 2.59. The van der Waals surface area contributed by atoms with Gasteiger partial charge in [-0.25, -0.2) is 9.78 Å². The van der Waals surface area contributed by atoms with Crippen molar-refractivity contribution in [1.29, 1.82) is 0 Å². The minimum absolute atomic E-state index is 0.130. The minimum Gasteiger partial charge on any atom is -0.478 e. The van der Waals surface area contributed by atoms with Gasteiger partial charge < -0.3 is 14.8 Å². The van der Waals surface area contributed by atoms with Crippen LogP contribution in [0.3, 0.4) is 0 Å². The molecule has 0 spiro atoms. The van der Waals surface area contributed by atoms with E-state index in [0.29, 0.717) is 11.2 Å². The van der Waals surface area contributed by atoms with Gasteiger partial charge in [0.25, 0.3) is 6.01 Å². The fourth-order valence-corrected chi connectivity index (χ4v) is 1.16. The van der Waals surface area contributed by atoms with Crippen LogP contribution < -0.4 is 4.74 Å². The summed E-state index contributed by atoms with van der Waals surface area (Å²) in [5.41, 5.74) is 0.837. The predicted molar refractivity (Wildman–Crippen MR) is 47.4 cm³/mol. The highest BCUT2D eigenvalue weighted by Crippen LogP contribution is 2.17. The van der Waals surface area contributed by atoms with E-state index < -0.39 is 5.97 Å². The Bertz CT molecular complexity index is 492. The zero-order chi connectivity index (χ0) is 10.1. The fourth-order valence-electron chi connectivity index (χ4n) is 1.16. The average molecular weight is 193 g/mol. The number of carboxylic acids is 1. The van der Waals surface area contributed by atoms with Gasteiger partial charge in [0.2, 0.25) is 0 Å². The predicted octanol–water partition coefficient (Wildman–Crippen LogP) is 0.665. The Hall–Kier alpha value is -2.11. The van der Waals surface area contributed by atoms with E-state index in [0.717, 1.165) is 0 Å². The van der Waals surface area contributed by atoms with Gasteiger partial charge in [0.05, 0.1) is 12.7 Å². The molecular weight excluding hydrogens is 186 g/mol. The molecule has 0 aliphatic heterocycles. The number of rotatable bonds is 2. The number of aromatic carboxylic acids is 1. The molecule has 2 heterocycles. The number of nitrogens with one attached hydrogen (secondary N) is 1. The minimum atomic E-state index is -1.02. The lowest BCUT2D eigenvalue weighted by atomic mass is 10.2. The van der Waals surface area contributed by atoms with E-state index in [-0.39, 0.29) is 11.6 Å². The number of hydrogen-bond donors (Lipinski definition) is 2. The summed E-state index contributed by atoms with van der Waals surface area (Å²) in [5.74, 6) is -1.02. The Balaban J connectivity index is 2.73. The molecule has 2 rings (SSSR count). The lowest BCUT2D eigenvalue weighted by Gasteiger charge is -1.93. The van der Waals surface area contributed by atoms with Gasteiger partial charge in [-0.2, -0.15) is 4.98 Å². The third-order valence-electron chi connectivity index (χ3n) is 1.79. The number of H-pyrrole nitrogens is 1. The second-order valence-electron chi connectivity index (χ2n) is 2.61. The molecule has 0 amide bonds. The van der Waals surface area contributed by atoms with Crippen LogP contribution in [0, 0.1) is 0 Å². The molecule has 0 saturated heterocycles. The van der Waals surface area contributed by atoms with Crippen LogP contribution in [0.4, 0.5) is 0 Å². The van der Waals surface area contributed by atoms with Crippen molar-refractivity contribution < 1.29 is 14.6 Å². The van der Waals surface area contributed by atoms with Gasteiger partial charge in [-0.1, -0.05) is 0 Å². The number of carboxylic acid groups (broad SMARTS) is 1. The Morgan fingerprint density at radius 3 is 3.07 bits per heavy atom. The molecular formula is C8H7N3O3. The molecule has 2 aromatic heterocycles. The maximum atomic E-state index is 10.8. The van der Waals surface area contributed by atoms with Gasteiger partial charge in [-0.15, -0.1) is 0 Å². The van der Waals surface area contributed by atoms with E-state index in [9.17, 15) is 4.79 Å². The highest BCUT2D eigenvalue weighted by Gasteiger charge is 2.12. The van der Waals surface area contributed by atoms with E-state index in [4.69, 9.17) is 9.84 Å². The van der Waals surface area contributed by atoms with Crippen LogP contribution in [0.15, 0.2) is 12.3 Å². The Morgan fingerprint density at radius 2 is 2.43 bits per heavy atom. The topological polar surface area (TPSA) is 88.1 Å². The lowest BCUT2D eigenvalue weighted by Crippen LogP contribution is -1.97. The number of pyridine rings is 1. The summed E-state index contributed by atoms with van der Waals surface area (Å²) < 4.78 is 4.83. The van der Waals surface area contributed by atoms with Crippen molar-refractivity contribution in [3.05, 3.63) is 17.8 Å². The Labute approximate surface area is 78.6 Å². The maximum absolute atomic E-state index is 10.8. The van der Waals surface area contributed by atoms with Crippen molar-refractivity contribution in [1.82, 2.24) is 15.0 Å². The normalized spacial score (nSPS) is 10.4. The molecule has 2 aromatic rings. The summed E-state index contributed by atoms with van der Waals surface area (Å²) in [7, 11) is 1.44. The van der Waals surface area contributed by atoms with E-state index in [1.54, 1.807) is 0 Å². The molecule has 72 valence electrons. The van der Waals surface area contributed by atoms with Gasteiger partial charge >= 0.3 is 5.97 Å². The molecule has 0 unspecified atom stereocenters. The second kappa shape index (κ2) is 2.99. The largest absolute Gasteiger partial charge is 0.478 e. The first-order valence-electron chi connectivity index (χ1n) is 3.84. The highest BCUT2D eigenvalue weighted by atomic mass is 16.5. The summed E-state index contributed by atoms with van der Waals surface area (Å²) >= 11 is 0. The summed E-state index contributed by atoms with van der Waals surface area (Å²) in [6, 6.07) is 1.66. The number of carbonyl (C=O) groups is 1. The molecule has 0 radical (unpaired) electrons. The van der Waals surface area contributed by atoms with Crippen LogP contribution in [0.25, 0.3) is 11.2 Å². The molecule has 6 heteroatoms. The third-order valence-corrected chi connectivity index (χ3v) is 1.79. The quantitative estimate of drug-likeness (QED) is 0.731. The number of aromatic nitrogens is 3. The van der Waals surface area contributed by atoms with Gasteiger partial charge in [0, 0.05) is 6.20 Å². The summed E-state index contributed by atoms with van der Waals surface area (Å²) in [6.07, 6.45) is 1.39. The number of methoxy groups -OCH3 is 1. The van der Waals surface area contributed by atoms with Gasteiger partial charge in [-0.05, 0) is 6.07 Å². The lowest BCUT2D eigenvalue weighted by molar-refractivity contribution is 0.0699. The molecule has 14 heavy (non-hydrogen) atoms. The second-order valence-corrected chi connectivity index (χ2v) is 2.61. The van der Waals surface area contributed by atoms with Crippen LogP contribution in [0.5, 0.6) is 6.01 Å². The number of nitrogens with zero attached hydrogens (tertiary/aromatic N) is 2. The smallest absolute Gasteiger partial charge is 0.338 e. The van der Waals surface area contributed by atoms with Crippen molar-refractivity contribution in [2.24, 2.45) is 0 Å². The number of aromatic amines is 1. The Morgan fingerprint density at radius 1 is 1.64 bits per heavy atom. The molecule has 6 nitrogen and oxygen atoms in total. The fraction of sp³-hybridized carbons (Fsp3) is 0.125. The molecule has 0 aliphatic rings. The third kappa shape index (κ3) is 1.17. The van der Waals surface area contributed by atoms with E-state index in [1.807, 2.05) is 0 Å². The molecule has 0 aliphatic carbocycles. The standard InChI is InChI=1S/C8H7N3O3/c1-14-8-10-5-4(7(12)13)2-3-9-6(5)11-8/h2-3H,1H3,(H,12,13)(H,9,10,11). The van der Waals surface area contributed by atoms with Crippen LogP contribution in [0.2, 0.25) is 0 Å².